The Labute approximate surface area is 192 Å². The summed E-state index contributed by atoms with van der Waals surface area (Å²) < 4.78 is 1.47. The van der Waals surface area contributed by atoms with Crippen LogP contribution in [0.4, 0.5) is 5.69 Å². The van der Waals surface area contributed by atoms with E-state index in [-0.39, 0.29) is 23.3 Å². The molecule has 0 saturated carbocycles. The molecule has 1 aliphatic rings. The second-order valence-corrected chi connectivity index (χ2v) is 8.27. The summed E-state index contributed by atoms with van der Waals surface area (Å²) in [6.07, 6.45) is 4.52. The van der Waals surface area contributed by atoms with Crippen LogP contribution in [0, 0.1) is 17.0 Å². The average molecular weight is 450 g/mol. The topological polar surface area (TPSA) is 110 Å². The van der Waals surface area contributed by atoms with Crippen molar-refractivity contribution in [3.63, 3.8) is 0 Å². The van der Waals surface area contributed by atoms with Crippen molar-refractivity contribution in [3.05, 3.63) is 75.9 Å². The summed E-state index contributed by atoms with van der Waals surface area (Å²) in [6.45, 7) is 4.56. The van der Waals surface area contributed by atoms with Crippen LogP contribution in [0.3, 0.4) is 0 Å². The maximum Gasteiger partial charge on any atom is 0.276 e. The highest BCUT2D eigenvalue weighted by Gasteiger charge is 2.29. The number of carbonyl (C=O) groups is 1. The van der Waals surface area contributed by atoms with Gasteiger partial charge in [0.05, 0.1) is 16.3 Å². The number of hydrogen-bond acceptors (Lipinski definition) is 7. The number of nitrogens with zero attached hydrogens (tertiary/aromatic N) is 7. The fourth-order valence-electron chi connectivity index (χ4n) is 4.19. The van der Waals surface area contributed by atoms with E-state index in [1.54, 1.807) is 24.0 Å². The van der Waals surface area contributed by atoms with Crippen LogP contribution in [0.2, 0.25) is 0 Å². The lowest BCUT2D eigenvalue weighted by Crippen LogP contribution is -2.46. The van der Waals surface area contributed by atoms with Gasteiger partial charge >= 0.3 is 0 Å². The Balaban J connectivity index is 1.37. The molecule has 1 aromatic carbocycles. The summed E-state index contributed by atoms with van der Waals surface area (Å²) >= 11 is 0. The Morgan fingerprint density at radius 3 is 2.70 bits per heavy atom. The molecule has 0 bridgehead atoms. The minimum Gasteiger partial charge on any atom is -0.337 e. The number of non-ortho nitro benzene ring substituents is 1. The maximum absolute atomic E-state index is 13.2. The molecule has 0 aliphatic carbocycles. The van der Waals surface area contributed by atoms with E-state index in [2.05, 4.69) is 20.2 Å². The van der Waals surface area contributed by atoms with E-state index in [4.69, 9.17) is 0 Å². The first-order valence-corrected chi connectivity index (χ1v) is 11.0. The fraction of sp³-hybridized carbons (Fsp3) is 0.391. The zero-order valence-corrected chi connectivity index (χ0v) is 18.8. The summed E-state index contributed by atoms with van der Waals surface area (Å²) in [5.41, 5.74) is 2.37. The van der Waals surface area contributed by atoms with Gasteiger partial charge in [-0.2, -0.15) is 0 Å². The smallest absolute Gasteiger partial charge is 0.276 e. The number of aromatic nitrogens is 4. The van der Waals surface area contributed by atoms with Gasteiger partial charge in [0.2, 0.25) is 0 Å². The van der Waals surface area contributed by atoms with Crippen molar-refractivity contribution >= 4 is 11.6 Å². The van der Waals surface area contributed by atoms with E-state index in [9.17, 15) is 14.9 Å². The molecule has 0 radical (unpaired) electrons. The van der Waals surface area contributed by atoms with E-state index in [0.717, 1.165) is 44.6 Å². The highest BCUT2D eigenvalue weighted by atomic mass is 16.6. The monoisotopic (exact) mass is 449 g/mol. The summed E-state index contributed by atoms with van der Waals surface area (Å²) in [5, 5.41) is 19.3. The Hall–Kier alpha value is -3.66. The quantitative estimate of drug-likeness (QED) is 0.403. The van der Waals surface area contributed by atoms with Crippen molar-refractivity contribution in [1.82, 2.24) is 29.8 Å². The number of nitro benzene ring substituents is 1. The second kappa shape index (κ2) is 9.86. The van der Waals surface area contributed by atoms with Gasteiger partial charge in [0, 0.05) is 63.2 Å². The van der Waals surface area contributed by atoms with E-state index in [1.165, 1.54) is 16.8 Å². The molecule has 4 rings (SSSR count). The standard InChI is InChI=1S/C23H27N7O3/c1-17-22(25-26-29(17)20-7-5-8-21(16-20)30(32)33)23(31)27(2)19-10-14-28(15-11-19)13-9-18-6-3-4-12-24-18/h3-8,12,16,19H,9-11,13-15H2,1-2H3. The third-order valence-corrected chi connectivity index (χ3v) is 6.22. The van der Waals surface area contributed by atoms with Gasteiger partial charge in [-0.15, -0.1) is 5.10 Å². The molecule has 172 valence electrons. The van der Waals surface area contributed by atoms with Gasteiger partial charge < -0.3 is 9.80 Å². The van der Waals surface area contributed by atoms with Crippen LogP contribution in [0.1, 0.15) is 34.7 Å². The molecule has 1 aliphatic heterocycles. The third kappa shape index (κ3) is 5.06. The number of rotatable bonds is 7. The lowest BCUT2D eigenvalue weighted by molar-refractivity contribution is -0.384. The van der Waals surface area contributed by atoms with Crippen molar-refractivity contribution in [1.29, 1.82) is 0 Å². The Kier molecular flexibility index (Phi) is 6.74. The minimum absolute atomic E-state index is 0.0396. The lowest BCUT2D eigenvalue weighted by atomic mass is 10.0. The maximum atomic E-state index is 13.2. The Bertz CT molecular complexity index is 1120. The first-order valence-electron chi connectivity index (χ1n) is 11.0. The van der Waals surface area contributed by atoms with Crippen molar-refractivity contribution in [2.45, 2.75) is 32.2 Å². The predicted molar refractivity (Wildman–Crippen MR) is 122 cm³/mol. The van der Waals surface area contributed by atoms with Gasteiger partial charge in [0.1, 0.15) is 0 Å². The highest BCUT2D eigenvalue weighted by molar-refractivity contribution is 5.93. The number of benzene rings is 1. The largest absolute Gasteiger partial charge is 0.337 e. The molecule has 1 amide bonds. The van der Waals surface area contributed by atoms with Crippen LogP contribution in [0.25, 0.3) is 5.69 Å². The molecule has 33 heavy (non-hydrogen) atoms. The van der Waals surface area contributed by atoms with Crippen molar-refractivity contribution in [2.24, 2.45) is 0 Å². The first kappa shape index (κ1) is 22.5. The molecule has 10 nitrogen and oxygen atoms in total. The van der Waals surface area contributed by atoms with Crippen LogP contribution in [0.5, 0.6) is 0 Å². The predicted octanol–water partition coefficient (Wildman–Crippen LogP) is 2.66. The summed E-state index contributed by atoms with van der Waals surface area (Å²) in [5.74, 6) is -0.184. The molecule has 0 atom stereocenters. The normalized spacial score (nSPS) is 14.8. The van der Waals surface area contributed by atoms with Crippen molar-refractivity contribution < 1.29 is 9.72 Å². The van der Waals surface area contributed by atoms with Gasteiger partial charge in [-0.3, -0.25) is 19.9 Å². The fourth-order valence-corrected chi connectivity index (χ4v) is 4.19. The molecule has 0 spiro atoms. The van der Waals surface area contributed by atoms with Crippen molar-refractivity contribution in [2.75, 3.05) is 26.7 Å². The summed E-state index contributed by atoms with van der Waals surface area (Å²) in [6, 6.07) is 12.2. The van der Waals surface area contributed by atoms with Gasteiger partial charge in [-0.05, 0) is 38.0 Å². The number of carbonyl (C=O) groups excluding carboxylic acids is 1. The molecular formula is C23H27N7O3. The average Bonchev–Trinajstić information content (AvgIpc) is 3.24. The van der Waals surface area contributed by atoms with E-state index < -0.39 is 4.92 Å². The molecule has 0 unspecified atom stereocenters. The van der Waals surface area contributed by atoms with Gasteiger partial charge in [-0.25, -0.2) is 4.68 Å². The Morgan fingerprint density at radius 1 is 1.21 bits per heavy atom. The molecule has 1 saturated heterocycles. The van der Waals surface area contributed by atoms with Gasteiger partial charge in [0.15, 0.2) is 5.69 Å². The first-order chi connectivity index (χ1) is 15.9. The van der Waals surface area contributed by atoms with Gasteiger partial charge in [-0.1, -0.05) is 17.3 Å². The van der Waals surface area contributed by atoms with Crippen molar-refractivity contribution in [3.8, 4) is 5.69 Å². The molecule has 1 fully saturated rings. The lowest BCUT2D eigenvalue weighted by Gasteiger charge is -2.36. The molecular weight excluding hydrogens is 422 g/mol. The van der Waals surface area contributed by atoms with Gasteiger partial charge in [0.25, 0.3) is 11.6 Å². The molecule has 2 aromatic heterocycles. The Morgan fingerprint density at radius 2 is 2.00 bits per heavy atom. The van der Waals surface area contributed by atoms with E-state index >= 15 is 0 Å². The number of amides is 1. The number of hydrogen-bond donors (Lipinski definition) is 0. The van der Waals surface area contributed by atoms with E-state index in [0.29, 0.717) is 11.4 Å². The number of piperidine rings is 1. The van der Waals surface area contributed by atoms with Crippen LogP contribution >= 0.6 is 0 Å². The summed E-state index contributed by atoms with van der Waals surface area (Å²) in [7, 11) is 1.81. The number of nitro groups is 1. The van der Waals surface area contributed by atoms with E-state index in [1.807, 2.05) is 31.4 Å². The zero-order valence-electron chi connectivity index (χ0n) is 18.8. The molecule has 10 heteroatoms. The third-order valence-electron chi connectivity index (χ3n) is 6.22. The number of pyridine rings is 1. The SMILES string of the molecule is Cc1c(C(=O)N(C)C2CCN(CCc3ccccn3)CC2)nnn1-c1cccc([N+](=O)[O-])c1. The zero-order chi connectivity index (χ0) is 23.4. The van der Waals surface area contributed by atoms with Crippen LogP contribution in [-0.2, 0) is 6.42 Å². The molecule has 3 aromatic rings. The molecule has 0 N–H and O–H groups in total. The molecule has 3 heterocycles. The summed E-state index contributed by atoms with van der Waals surface area (Å²) in [4.78, 5) is 32.3. The second-order valence-electron chi connectivity index (χ2n) is 8.27. The van der Waals surface area contributed by atoms with Crippen LogP contribution < -0.4 is 0 Å². The van der Waals surface area contributed by atoms with Crippen LogP contribution in [-0.4, -0.2) is 73.3 Å². The highest BCUT2D eigenvalue weighted by Crippen LogP contribution is 2.21. The number of likely N-dealkylation sites (tertiary alicyclic amines) is 1. The van der Waals surface area contributed by atoms with Crippen LogP contribution in [0.15, 0.2) is 48.7 Å². The minimum atomic E-state index is -0.460.